The molecule has 0 aliphatic heterocycles. The van der Waals surface area contributed by atoms with E-state index in [2.05, 4.69) is 10.1 Å². The first-order valence-electron chi connectivity index (χ1n) is 6.28. The van der Waals surface area contributed by atoms with Gasteiger partial charge < -0.3 is 5.11 Å². The maximum absolute atomic E-state index is 11.8. The Bertz CT molecular complexity index is 713. The highest BCUT2D eigenvalue weighted by molar-refractivity contribution is 6.35. The van der Waals surface area contributed by atoms with E-state index >= 15 is 0 Å². The van der Waals surface area contributed by atoms with E-state index in [1.165, 1.54) is 23.4 Å². The molecule has 0 fully saturated rings. The summed E-state index contributed by atoms with van der Waals surface area (Å²) in [5, 5.41) is 15.2. The van der Waals surface area contributed by atoms with Gasteiger partial charge >= 0.3 is 0 Å². The Labute approximate surface area is 130 Å². The highest BCUT2D eigenvalue weighted by atomic mass is 35.5. The lowest BCUT2D eigenvalue weighted by Gasteiger charge is -2.30. The summed E-state index contributed by atoms with van der Waals surface area (Å²) in [6.45, 7) is 0. The van der Waals surface area contributed by atoms with E-state index in [1.807, 2.05) is 0 Å². The average Bonchev–Trinajstić information content (AvgIpc) is 2.91. The van der Waals surface area contributed by atoms with Crippen LogP contribution in [-0.2, 0) is 4.79 Å². The Balaban J connectivity index is 2.10. The van der Waals surface area contributed by atoms with Gasteiger partial charge in [-0.1, -0.05) is 29.3 Å². The molecule has 0 unspecified atom stereocenters. The topological polar surface area (TPSA) is 68.0 Å². The molecule has 1 heterocycles. The van der Waals surface area contributed by atoms with Crippen LogP contribution in [0.5, 0.6) is 0 Å². The quantitative estimate of drug-likeness (QED) is 0.920. The molecule has 1 N–H and O–H groups in total. The molecule has 0 saturated carbocycles. The summed E-state index contributed by atoms with van der Waals surface area (Å²) in [7, 11) is 0. The number of hydrogen-bond acceptors (Lipinski definition) is 4. The van der Waals surface area contributed by atoms with Crippen LogP contribution in [-0.4, -0.2) is 25.7 Å². The third kappa shape index (κ3) is 2.66. The molecule has 0 spiro atoms. The van der Waals surface area contributed by atoms with Gasteiger partial charge in [0.2, 0.25) is 0 Å². The molecule has 3 rings (SSSR count). The average molecular weight is 324 g/mol. The molecule has 0 bridgehead atoms. The summed E-state index contributed by atoms with van der Waals surface area (Å²) in [4.78, 5) is 15.7. The smallest absolute Gasteiger partial charge is 0.159 e. The molecule has 2 aromatic rings. The minimum atomic E-state index is -0.510. The Hall–Kier alpha value is -1.85. The summed E-state index contributed by atoms with van der Waals surface area (Å²) in [5.41, 5.74) is 0.745. The highest BCUT2D eigenvalue weighted by Gasteiger charge is 2.35. The fourth-order valence-corrected chi connectivity index (χ4v) is 3.16. The van der Waals surface area contributed by atoms with Crippen LogP contribution in [0.3, 0.4) is 0 Å². The number of aliphatic hydroxyl groups is 1. The second-order valence-electron chi connectivity index (χ2n) is 4.83. The first kappa shape index (κ1) is 14.1. The second kappa shape index (κ2) is 5.50. The van der Waals surface area contributed by atoms with Gasteiger partial charge in [0.05, 0.1) is 0 Å². The van der Waals surface area contributed by atoms with Gasteiger partial charge in [0, 0.05) is 28.5 Å². The fraction of sp³-hybridized carbons (Fsp3) is 0.214. The van der Waals surface area contributed by atoms with Crippen molar-refractivity contribution in [3.8, 4) is 0 Å². The van der Waals surface area contributed by atoms with E-state index in [-0.39, 0.29) is 23.9 Å². The predicted octanol–water partition coefficient (Wildman–Crippen LogP) is 3.32. The molecule has 108 valence electrons. The zero-order valence-electron chi connectivity index (χ0n) is 10.8. The summed E-state index contributed by atoms with van der Waals surface area (Å²) >= 11 is 12.2. The van der Waals surface area contributed by atoms with Crippen molar-refractivity contribution >= 4 is 29.0 Å². The number of rotatable bonds is 2. The van der Waals surface area contributed by atoms with Gasteiger partial charge in [0.1, 0.15) is 24.5 Å². The van der Waals surface area contributed by atoms with Gasteiger partial charge in [0.25, 0.3) is 0 Å². The molecular formula is C14H11Cl2N3O2. The highest BCUT2D eigenvalue weighted by Crippen LogP contribution is 2.42. The SMILES string of the molecule is O=C1C=C(O)[C@@H](n2cncn2)[C@@H](c2ccc(Cl)cc2Cl)C1. The number of ketones is 1. The maximum Gasteiger partial charge on any atom is 0.159 e. The fourth-order valence-electron chi connectivity index (χ4n) is 2.61. The van der Waals surface area contributed by atoms with Crippen molar-refractivity contribution in [2.24, 2.45) is 0 Å². The molecule has 1 aliphatic rings. The lowest BCUT2D eigenvalue weighted by Crippen LogP contribution is -2.27. The van der Waals surface area contributed by atoms with E-state index in [9.17, 15) is 9.90 Å². The number of benzene rings is 1. The zero-order valence-corrected chi connectivity index (χ0v) is 12.3. The summed E-state index contributed by atoms with van der Waals surface area (Å²) in [6, 6.07) is 4.59. The van der Waals surface area contributed by atoms with Crippen LogP contribution >= 0.6 is 23.2 Å². The van der Waals surface area contributed by atoms with Crippen molar-refractivity contribution < 1.29 is 9.90 Å². The summed E-state index contributed by atoms with van der Waals surface area (Å²) in [6.07, 6.45) is 4.34. The number of carbonyl (C=O) groups excluding carboxylic acids is 1. The number of halogens is 2. The first-order chi connectivity index (χ1) is 10.1. The standard InChI is InChI=1S/C14H11Cl2N3O2/c15-8-1-2-10(12(16)3-8)11-4-9(20)5-13(21)14(11)19-7-17-6-18-19/h1-3,5-7,11,14,21H,4H2/t11-,14+/m1/s1. The van der Waals surface area contributed by atoms with E-state index in [0.717, 1.165) is 5.56 Å². The van der Waals surface area contributed by atoms with Crippen LogP contribution in [0.25, 0.3) is 0 Å². The van der Waals surface area contributed by atoms with Crippen LogP contribution < -0.4 is 0 Å². The molecular weight excluding hydrogens is 313 g/mol. The van der Waals surface area contributed by atoms with E-state index in [4.69, 9.17) is 23.2 Å². The van der Waals surface area contributed by atoms with Crippen molar-refractivity contribution in [2.45, 2.75) is 18.4 Å². The Morgan fingerprint density at radius 2 is 2.14 bits per heavy atom. The molecule has 2 atom stereocenters. The Morgan fingerprint density at radius 3 is 2.81 bits per heavy atom. The van der Waals surface area contributed by atoms with Crippen molar-refractivity contribution in [1.82, 2.24) is 14.8 Å². The number of aliphatic hydroxyl groups excluding tert-OH is 1. The monoisotopic (exact) mass is 323 g/mol. The third-order valence-corrected chi connectivity index (χ3v) is 4.06. The number of hydrogen-bond donors (Lipinski definition) is 1. The first-order valence-corrected chi connectivity index (χ1v) is 7.04. The van der Waals surface area contributed by atoms with Gasteiger partial charge in [0.15, 0.2) is 5.78 Å². The second-order valence-corrected chi connectivity index (χ2v) is 5.68. The lowest BCUT2D eigenvalue weighted by molar-refractivity contribution is -0.116. The largest absolute Gasteiger partial charge is 0.510 e. The normalized spacial score (nSPS) is 22.2. The molecule has 7 heteroatoms. The summed E-state index contributed by atoms with van der Waals surface area (Å²) in [5.74, 6) is -0.526. The molecule has 5 nitrogen and oxygen atoms in total. The molecule has 1 aromatic heterocycles. The molecule has 21 heavy (non-hydrogen) atoms. The van der Waals surface area contributed by atoms with Crippen molar-refractivity contribution in [3.05, 3.63) is 58.3 Å². The zero-order chi connectivity index (χ0) is 15.0. The van der Waals surface area contributed by atoms with Crippen LogP contribution in [0.4, 0.5) is 0 Å². The molecule has 0 saturated heterocycles. The molecule has 1 aliphatic carbocycles. The van der Waals surface area contributed by atoms with Crippen LogP contribution in [0.1, 0.15) is 23.9 Å². The Kier molecular flexibility index (Phi) is 3.69. The molecule has 0 amide bonds. The van der Waals surface area contributed by atoms with E-state index < -0.39 is 6.04 Å². The number of carbonyl (C=O) groups is 1. The van der Waals surface area contributed by atoms with Crippen LogP contribution in [0.2, 0.25) is 10.0 Å². The van der Waals surface area contributed by atoms with Gasteiger partial charge in [-0.25, -0.2) is 9.67 Å². The maximum atomic E-state index is 11.8. The number of nitrogens with zero attached hydrogens (tertiary/aromatic N) is 3. The van der Waals surface area contributed by atoms with E-state index in [1.54, 1.807) is 18.2 Å². The third-order valence-electron chi connectivity index (χ3n) is 3.50. The van der Waals surface area contributed by atoms with E-state index in [0.29, 0.717) is 10.0 Å². The summed E-state index contributed by atoms with van der Waals surface area (Å²) < 4.78 is 1.52. The number of aromatic nitrogens is 3. The van der Waals surface area contributed by atoms with Crippen LogP contribution in [0, 0.1) is 0 Å². The van der Waals surface area contributed by atoms with Gasteiger partial charge in [-0.2, -0.15) is 5.10 Å². The van der Waals surface area contributed by atoms with Crippen molar-refractivity contribution in [3.63, 3.8) is 0 Å². The van der Waals surface area contributed by atoms with Crippen molar-refractivity contribution in [2.75, 3.05) is 0 Å². The van der Waals surface area contributed by atoms with Crippen LogP contribution in [0.15, 0.2) is 42.7 Å². The molecule has 1 aromatic carbocycles. The van der Waals surface area contributed by atoms with Gasteiger partial charge in [-0.05, 0) is 17.7 Å². The Morgan fingerprint density at radius 1 is 1.33 bits per heavy atom. The van der Waals surface area contributed by atoms with Gasteiger partial charge in [-0.15, -0.1) is 0 Å². The molecule has 0 radical (unpaired) electrons. The minimum absolute atomic E-state index is 0.0484. The van der Waals surface area contributed by atoms with Gasteiger partial charge in [-0.3, -0.25) is 4.79 Å². The lowest BCUT2D eigenvalue weighted by atomic mass is 9.82. The van der Waals surface area contributed by atoms with Crippen molar-refractivity contribution in [1.29, 1.82) is 0 Å². The predicted molar refractivity (Wildman–Crippen MR) is 78.6 cm³/mol. The minimum Gasteiger partial charge on any atom is -0.510 e. The number of allylic oxidation sites excluding steroid dienone is 2.